The van der Waals surface area contributed by atoms with Crippen molar-refractivity contribution in [1.29, 1.82) is 0 Å². The van der Waals surface area contributed by atoms with E-state index in [0.29, 0.717) is 24.3 Å². The number of nitrogens with one attached hydrogen (secondary N) is 1. The second-order valence-electron chi connectivity index (χ2n) is 5.26. The Morgan fingerprint density at radius 2 is 2.10 bits per heavy atom. The Kier molecular flexibility index (Phi) is 6.62. The lowest BCUT2D eigenvalue weighted by Crippen LogP contribution is -2.28. The van der Waals surface area contributed by atoms with Crippen molar-refractivity contribution < 1.29 is 9.84 Å². The zero-order chi connectivity index (χ0) is 14.4. The molecule has 1 aromatic rings. The third kappa shape index (κ3) is 5.24. The Morgan fingerprint density at radius 3 is 2.80 bits per heavy atom. The molecule has 1 saturated carbocycles. The van der Waals surface area contributed by atoms with Crippen molar-refractivity contribution in [2.45, 2.75) is 44.3 Å². The molecule has 5 heteroatoms. The minimum Gasteiger partial charge on any atom is -0.389 e. The number of benzene rings is 1. The van der Waals surface area contributed by atoms with E-state index in [0.717, 1.165) is 23.0 Å². The first kappa shape index (κ1) is 16.1. The molecule has 1 aliphatic carbocycles. The standard InChI is InChI=1S/C15H21BrClNO2/c16-14-8-11(6-7-15(14)17)18-9-12(19)10-20-13-4-2-1-3-5-13/h6-8,12-13,18-19H,1-5,9-10H2. The summed E-state index contributed by atoms with van der Waals surface area (Å²) >= 11 is 9.31. The summed E-state index contributed by atoms with van der Waals surface area (Å²) in [4.78, 5) is 0. The fraction of sp³-hybridized carbons (Fsp3) is 0.600. The molecule has 0 saturated heterocycles. The molecular formula is C15H21BrClNO2. The van der Waals surface area contributed by atoms with Gasteiger partial charge in [-0.3, -0.25) is 0 Å². The van der Waals surface area contributed by atoms with Crippen LogP contribution in [0.25, 0.3) is 0 Å². The lowest BCUT2D eigenvalue weighted by molar-refractivity contribution is -0.0195. The summed E-state index contributed by atoms with van der Waals surface area (Å²) in [6.45, 7) is 0.868. The molecule has 0 heterocycles. The number of aliphatic hydroxyl groups is 1. The minimum atomic E-state index is -0.494. The number of hydrogen-bond donors (Lipinski definition) is 2. The third-order valence-corrected chi connectivity index (χ3v) is 4.75. The van der Waals surface area contributed by atoms with Crippen molar-refractivity contribution in [3.05, 3.63) is 27.7 Å². The van der Waals surface area contributed by atoms with Crippen molar-refractivity contribution in [1.82, 2.24) is 0 Å². The summed E-state index contributed by atoms with van der Waals surface area (Å²) in [5.74, 6) is 0. The van der Waals surface area contributed by atoms with Crippen LogP contribution in [0.3, 0.4) is 0 Å². The molecule has 0 spiro atoms. The molecule has 0 bridgehead atoms. The molecular weight excluding hydrogens is 342 g/mol. The molecule has 2 N–H and O–H groups in total. The first-order valence-corrected chi connectivity index (χ1v) is 8.31. The fourth-order valence-electron chi connectivity index (χ4n) is 2.38. The monoisotopic (exact) mass is 361 g/mol. The van der Waals surface area contributed by atoms with E-state index in [9.17, 15) is 5.11 Å². The van der Waals surface area contributed by atoms with Crippen molar-refractivity contribution in [2.75, 3.05) is 18.5 Å². The number of rotatable bonds is 6. The SMILES string of the molecule is OC(CNc1ccc(Cl)c(Br)c1)COC1CCCCC1. The zero-order valence-electron chi connectivity index (χ0n) is 11.4. The number of ether oxygens (including phenoxy) is 1. The maximum atomic E-state index is 9.94. The molecule has 0 radical (unpaired) electrons. The van der Waals surface area contributed by atoms with E-state index < -0.39 is 6.10 Å². The third-order valence-electron chi connectivity index (χ3n) is 3.54. The highest BCUT2D eigenvalue weighted by molar-refractivity contribution is 9.10. The summed E-state index contributed by atoms with van der Waals surface area (Å²) in [6.07, 6.45) is 5.91. The van der Waals surface area contributed by atoms with Crippen LogP contribution in [0.4, 0.5) is 5.69 Å². The second-order valence-corrected chi connectivity index (χ2v) is 6.52. The molecule has 1 fully saturated rings. The summed E-state index contributed by atoms with van der Waals surface area (Å²) in [7, 11) is 0. The smallest absolute Gasteiger partial charge is 0.0945 e. The van der Waals surface area contributed by atoms with Gasteiger partial charge in [-0.25, -0.2) is 0 Å². The highest BCUT2D eigenvalue weighted by Crippen LogP contribution is 2.25. The first-order valence-electron chi connectivity index (χ1n) is 7.14. The highest BCUT2D eigenvalue weighted by atomic mass is 79.9. The predicted molar refractivity (Wildman–Crippen MR) is 86.5 cm³/mol. The van der Waals surface area contributed by atoms with Crippen LogP contribution in [0.15, 0.2) is 22.7 Å². The lowest BCUT2D eigenvalue weighted by Gasteiger charge is -2.23. The zero-order valence-corrected chi connectivity index (χ0v) is 13.8. The molecule has 0 aromatic heterocycles. The summed E-state index contributed by atoms with van der Waals surface area (Å²) in [6, 6.07) is 5.61. The Bertz CT molecular complexity index is 424. The maximum absolute atomic E-state index is 9.94. The van der Waals surface area contributed by atoms with Gasteiger partial charge in [0.2, 0.25) is 0 Å². The Labute approximate surface area is 133 Å². The van der Waals surface area contributed by atoms with E-state index in [2.05, 4.69) is 21.2 Å². The molecule has 0 aliphatic heterocycles. The Balaban J connectivity index is 1.68. The topological polar surface area (TPSA) is 41.5 Å². The Hall–Kier alpha value is -0.290. The molecule has 20 heavy (non-hydrogen) atoms. The van der Waals surface area contributed by atoms with Gasteiger partial charge in [0.05, 0.1) is 23.8 Å². The quantitative estimate of drug-likeness (QED) is 0.796. The van der Waals surface area contributed by atoms with Crippen LogP contribution < -0.4 is 5.32 Å². The number of hydrogen-bond acceptors (Lipinski definition) is 3. The maximum Gasteiger partial charge on any atom is 0.0945 e. The molecule has 2 rings (SSSR count). The number of anilines is 1. The molecule has 1 unspecified atom stereocenters. The van der Waals surface area contributed by atoms with Crippen LogP contribution >= 0.6 is 27.5 Å². The average molecular weight is 363 g/mol. The van der Waals surface area contributed by atoms with E-state index in [1.165, 1.54) is 19.3 Å². The number of halogens is 2. The van der Waals surface area contributed by atoms with Gasteiger partial charge >= 0.3 is 0 Å². The van der Waals surface area contributed by atoms with Gasteiger partial charge in [0.25, 0.3) is 0 Å². The van der Waals surface area contributed by atoms with Crippen LogP contribution in [0.5, 0.6) is 0 Å². The molecule has 0 amide bonds. The molecule has 1 aromatic carbocycles. The fourth-order valence-corrected chi connectivity index (χ4v) is 2.88. The lowest BCUT2D eigenvalue weighted by atomic mass is 9.98. The van der Waals surface area contributed by atoms with Gasteiger partial charge in [-0.05, 0) is 47.0 Å². The van der Waals surface area contributed by atoms with Gasteiger partial charge in [-0.2, -0.15) is 0 Å². The summed E-state index contributed by atoms with van der Waals surface area (Å²) < 4.78 is 6.60. The Morgan fingerprint density at radius 1 is 1.35 bits per heavy atom. The van der Waals surface area contributed by atoms with Gasteiger partial charge < -0.3 is 15.2 Å². The van der Waals surface area contributed by atoms with Crippen LogP contribution in [-0.2, 0) is 4.74 Å². The normalized spacial score (nSPS) is 17.9. The molecule has 3 nitrogen and oxygen atoms in total. The van der Waals surface area contributed by atoms with Gasteiger partial charge in [-0.15, -0.1) is 0 Å². The van der Waals surface area contributed by atoms with Crippen LogP contribution in [0.2, 0.25) is 5.02 Å². The van der Waals surface area contributed by atoms with Gasteiger partial charge in [-0.1, -0.05) is 30.9 Å². The van der Waals surface area contributed by atoms with Crippen molar-refractivity contribution >= 4 is 33.2 Å². The van der Waals surface area contributed by atoms with Gasteiger partial charge in [0.1, 0.15) is 0 Å². The first-order chi connectivity index (χ1) is 9.65. The molecule has 1 atom stereocenters. The van der Waals surface area contributed by atoms with Crippen LogP contribution in [0.1, 0.15) is 32.1 Å². The van der Waals surface area contributed by atoms with E-state index >= 15 is 0 Å². The van der Waals surface area contributed by atoms with Crippen molar-refractivity contribution in [2.24, 2.45) is 0 Å². The van der Waals surface area contributed by atoms with Crippen molar-refractivity contribution in [3.63, 3.8) is 0 Å². The van der Waals surface area contributed by atoms with E-state index in [1.807, 2.05) is 18.2 Å². The van der Waals surface area contributed by atoms with Crippen LogP contribution in [-0.4, -0.2) is 30.5 Å². The highest BCUT2D eigenvalue weighted by Gasteiger charge is 2.15. The molecule has 112 valence electrons. The average Bonchev–Trinajstić information content (AvgIpc) is 2.47. The predicted octanol–water partition coefficient (Wildman–Crippen LogP) is 4.22. The van der Waals surface area contributed by atoms with E-state index in [-0.39, 0.29) is 0 Å². The van der Waals surface area contributed by atoms with E-state index in [4.69, 9.17) is 16.3 Å². The van der Waals surface area contributed by atoms with Crippen LogP contribution in [0, 0.1) is 0 Å². The minimum absolute atomic E-state index is 0.336. The summed E-state index contributed by atoms with van der Waals surface area (Å²) in [5.41, 5.74) is 0.929. The number of aliphatic hydroxyl groups excluding tert-OH is 1. The second kappa shape index (κ2) is 8.23. The van der Waals surface area contributed by atoms with Gasteiger partial charge in [0.15, 0.2) is 0 Å². The van der Waals surface area contributed by atoms with Crippen molar-refractivity contribution in [3.8, 4) is 0 Å². The van der Waals surface area contributed by atoms with E-state index in [1.54, 1.807) is 0 Å². The summed E-state index contributed by atoms with van der Waals surface area (Å²) in [5, 5.41) is 13.8. The van der Waals surface area contributed by atoms with Gasteiger partial charge in [0, 0.05) is 16.7 Å². The molecule has 1 aliphatic rings. The largest absolute Gasteiger partial charge is 0.389 e.